The van der Waals surface area contributed by atoms with Gasteiger partial charge in [0.05, 0.1) is 12.0 Å². The normalized spacial score (nSPS) is 18.3. The van der Waals surface area contributed by atoms with Gasteiger partial charge in [0.2, 0.25) is 0 Å². The van der Waals surface area contributed by atoms with Gasteiger partial charge < -0.3 is 4.74 Å². The molecule has 1 aliphatic rings. The Hall–Kier alpha value is -0.690. The lowest BCUT2D eigenvalue weighted by molar-refractivity contribution is 0.333. The smallest absolute Gasteiger partial charge is 0.123 e. The standard InChI is InChI=1S/C15H21ClO/c1-3-17-14-9-8-11(2)10-13(14)15(16)12-6-4-5-7-12/h8-10,12,15H,3-7H2,1-2H3. The van der Waals surface area contributed by atoms with E-state index in [9.17, 15) is 0 Å². The minimum absolute atomic E-state index is 0.110. The van der Waals surface area contributed by atoms with Crippen LogP contribution in [0.15, 0.2) is 18.2 Å². The van der Waals surface area contributed by atoms with Gasteiger partial charge in [-0.2, -0.15) is 0 Å². The van der Waals surface area contributed by atoms with Crippen LogP contribution in [-0.4, -0.2) is 6.61 Å². The fraction of sp³-hybridized carbons (Fsp3) is 0.600. The van der Waals surface area contributed by atoms with Crippen LogP contribution in [0.4, 0.5) is 0 Å². The van der Waals surface area contributed by atoms with Crippen molar-refractivity contribution >= 4 is 11.6 Å². The number of rotatable bonds is 4. The van der Waals surface area contributed by atoms with Crippen molar-refractivity contribution in [3.63, 3.8) is 0 Å². The van der Waals surface area contributed by atoms with E-state index < -0.39 is 0 Å². The van der Waals surface area contributed by atoms with Crippen molar-refractivity contribution < 1.29 is 4.74 Å². The van der Waals surface area contributed by atoms with E-state index in [4.69, 9.17) is 16.3 Å². The minimum atomic E-state index is 0.110. The van der Waals surface area contributed by atoms with Gasteiger partial charge in [0, 0.05) is 5.56 Å². The molecule has 1 fully saturated rings. The van der Waals surface area contributed by atoms with Crippen LogP contribution in [0.3, 0.4) is 0 Å². The molecular formula is C15H21ClO. The molecule has 0 amide bonds. The zero-order valence-electron chi connectivity index (χ0n) is 10.7. The van der Waals surface area contributed by atoms with Crippen LogP contribution in [0.25, 0.3) is 0 Å². The van der Waals surface area contributed by atoms with Gasteiger partial charge in [-0.05, 0) is 38.7 Å². The second kappa shape index (κ2) is 5.77. The Kier molecular flexibility index (Phi) is 4.33. The SMILES string of the molecule is CCOc1ccc(C)cc1C(Cl)C1CCCC1. The van der Waals surface area contributed by atoms with E-state index in [-0.39, 0.29) is 5.38 Å². The van der Waals surface area contributed by atoms with Gasteiger partial charge in [0.1, 0.15) is 5.75 Å². The van der Waals surface area contributed by atoms with Crippen LogP contribution < -0.4 is 4.74 Å². The Balaban J connectivity index is 2.24. The number of alkyl halides is 1. The van der Waals surface area contributed by atoms with Gasteiger partial charge in [-0.1, -0.05) is 30.5 Å². The number of benzene rings is 1. The summed E-state index contributed by atoms with van der Waals surface area (Å²) in [6.45, 7) is 4.82. The van der Waals surface area contributed by atoms with Crippen LogP contribution in [-0.2, 0) is 0 Å². The van der Waals surface area contributed by atoms with Crippen LogP contribution in [0.2, 0.25) is 0 Å². The Morgan fingerprint density at radius 3 is 2.71 bits per heavy atom. The highest BCUT2D eigenvalue weighted by Crippen LogP contribution is 2.43. The van der Waals surface area contributed by atoms with Crippen molar-refractivity contribution in [3.8, 4) is 5.75 Å². The molecule has 0 aliphatic heterocycles. The Bertz CT molecular complexity index is 369. The number of hydrogen-bond donors (Lipinski definition) is 0. The summed E-state index contributed by atoms with van der Waals surface area (Å²) in [6.07, 6.45) is 5.16. The third kappa shape index (κ3) is 2.95. The summed E-state index contributed by atoms with van der Waals surface area (Å²) in [5.41, 5.74) is 2.44. The Morgan fingerprint density at radius 2 is 2.06 bits per heavy atom. The summed E-state index contributed by atoms with van der Waals surface area (Å²) in [5.74, 6) is 1.59. The molecule has 0 N–H and O–H groups in total. The predicted octanol–water partition coefficient (Wildman–Crippen LogP) is 4.86. The molecule has 94 valence electrons. The van der Waals surface area contributed by atoms with E-state index in [1.54, 1.807) is 0 Å². The average molecular weight is 253 g/mol. The van der Waals surface area contributed by atoms with Crippen molar-refractivity contribution in [1.82, 2.24) is 0 Å². The molecular weight excluding hydrogens is 232 g/mol. The van der Waals surface area contributed by atoms with Crippen molar-refractivity contribution in [2.24, 2.45) is 5.92 Å². The maximum absolute atomic E-state index is 6.65. The fourth-order valence-corrected chi connectivity index (χ4v) is 3.10. The number of ether oxygens (including phenoxy) is 1. The second-order valence-corrected chi connectivity index (χ2v) is 5.39. The summed E-state index contributed by atoms with van der Waals surface area (Å²) in [7, 11) is 0. The quantitative estimate of drug-likeness (QED) is 0.695. The van der Waals surface area contributed by atoms with Crippen LogP contribution in [0.5, 0.6) is 5.75 Å². The highest BCUT2D eigenvalue weighted by molar-refractivity contribution is 6.21. The van der Waals surface area contributed by atoms with Gasteiger partial charge in [-0.15, -0.1) is 11.6 Å². The van der Waals surface area contributed by atoms with Gasteiger partial charge >= 0.3 is 0 Å². The number of hydrogen-bond acceptors (Lipinski definition) is 1. The summed E-state index contributed by atoms with van der Waals surface area (Å²) >= 11 is 6.65. The van der Waals surface area contributed by atoms with Crippen molar-refractivity contribution in [3.05, 3.63) is 29.3 Å². The largest absolute Gasteiger partial charge is 0.494 e. The highest BCUT2D eigenvalue weighted by atomic mass is 35.5. The second-order valence-electron chi connectivity index (χ2n) is 4.92. The lowest BCUT2D eigenvalue weighted by Gasteiger charge is -2.20. The molecule has 1 aliphatic carbocycles. The first kappa shape index (κ1) is 12.8. The first-order valence-corrected chi connectivity index (χ1v) is 7.03. The molecule has 1 atom stereocenters. The first-order valence-electron chi connectivity index (χ1n) is 6.59. The van der Waals surface area contributed by atoms with E-state index >= 15 is 0 Å². The zero-order valence-corrected chi connectivity index (χ0v) is 11.5. The van der Waals surface area contributed by atoms with Crippen LogP contribution in [0.1, 0.15) is 49.1 Å². The molecule has 0 spiro atoms. The molecule has 17 heavy (non-hydrogen) atoms. The summed E-state index contributed by atoms with van der Waals surface area (Å²) < 4.78 is 5.69. The summed E-state index contributed by atoms with van der Waals surface area (Å²) in [6, 6.07) is 6.33. The molecule has 0 aromatic heterocycles. The lowest BCUT2D eigenvalue weighted by Crippen LogP contribution is -2.06. The van der Waals surface area contributed by atoms with E-state index in [0.717, 1.165) is 5.75 Å². The minimum Gasteiger partial charge on any atom is -0.494 e. The number of halogens is 1. The van der Waals surface area contributed by atoms with Crippen LogP contribution >= 0.6 is 11.6 Å². The predicted molar refractivity (Wildman–Crippen MR) is 72.9 cm³/mol. The van der Waals surface area contributed by atoms with E-state index in [1.165, 1.54) is 36.8 Å². The fourth-order valence-electron chi connectivity index (χ4n) is 2.67. The maximum atomic E-state index is 6.65. The zero-order chi connectivity index (χ0) is 12.3. The molecule has 1 aromatic carbocycles. The van der Waals surface area contributed by atoms with E-state index in [1.807, 2.05) is 6.92 Å². The Morgan fingerprint density at radius 1 is 1.35 bits per heavy atom. The lowest BCUT2D eigenvalue weighted by atomic mass is 9.95. The number of aryl methyl sites for hydroxylation is 1. The third-order valence-corrected chi connectivity index (χ3v) is 4.17. The van der Waals surface area contributed by atoms with Crippen molar-refractivity contribution in [2.45, 2.75) is 44.9 Å². The van der Waals surface area contributed by atoms with Crippen molar-refractivity contribution in [1.29, 1.82) is 0 Å². The van der Waals surface area contributed by atoms with Gasteiger partial charge in [-0.3, -0.25) is 0 Å². The molecule has 0 bridgehead atoms. The van der Waals surface area contributed by atoms with E-state index in [0.29, 0.717) is 12.5 Å². The first-order chi connectivity index (χ1) is 8.22. The maximum Gasteiger partial charge on any atom is 0.123 e. The van der Waals surface area contributed by atoms with Crippen LogP contribution in [0, 0.1) is 12.8 Å². The van der Waals surface area contributed by atoms with Gasteiger partial charge in [0.15, 0.2) is 0 Å². The average Bonchev–Trinajstić information content (AvgIpc) is 2.84. The monoisotopic (exact) mass is 252 g/mol. The van der Waals surface area contributed by atoms with Gasteiger partial charge in [0.25, 0.3) is 0 Å². The molecule has 0 heterocycles. The van der Waals surface area contributed by atoms with Crippen molar-refractivity contribution in [2.75, 3.05) is 6.61 Å². The molecule has 1 unspecified atom stereocenters. The van der Waals surface area contributed by atoms with E-state index in [2.05, 4.69) is 25.1 Å². The summed E-state index contributed by atoms with van der Waals surface area (Å²) in [4.78, 5) is 0. The molecule has 1 saturated carbocycles. The van der Waals surface area contributed by atoms with Gasteiger partial charge in [-0.25, -0.2) is 0 Å². The summed E-state index contributed by atoms with van der Waals surface area (Å²) in [5, 5.41) is 0.110. The topological polar surface area (TPSA) is 9.23 Å². The molecule has 2 heteroatoms. The molecule has 1 aromatic rings. The third-order valence-electron chi connectivity index (χ3n) is 3.58. The molecule has 2 rings (SSSR count). The molecule has 1 nitrogen and oxygen atoms in total. The Labute approximate surface area is 109 Å². The molecule has 0 radical (unpaired) electrons. The molecule has 0 saturated heterocycles. The highest BCUT2D eigenvalue weighted by Gasteiger charge is 2.26.